The van der Waals surface area contributed by atoms with E-state index in [1.807, 2.05) is 0 Å². The highest BCUT2D eigenvalue weighted by Crippen LogP contribution is 2.14. The Morgan fingerprint density at radius 3 is 2.20 bits per heavy atom. The van der Waals surface area contributed by atoms with Crippen LogP contribution in [-0.4, -0.2) is 16.6 Å². The molecular weight excluding hydrogens is 130 g/mol. The number of nitrogens with zero attached hydrogens (tertiary/aromatic N) is 1. The second-order valence-corrected chi connectivity index (χ2v) is 1.89. The minimum atomic E-state index is 0.144. The molecule has 0 fully saturated rings. The summed E-state index contributed by atoms with van der Waals surface area (Å²) in [7, 11) is 0. The monoisotopic (exact) mass is 137 g/mol. The number of aromatic hydroxyl groups is 1. The number of phenolic OH excluding ortho intramolecular Hbond substituents is 1. The van der Waals surface area contributed by atoms with Crippen molar-refractivity contribution in [3.63, 3.8) is 0 Å². The summed E-state index contributed by atoms with van der Waals surface area (Å²) in [5.41, 5.74) is 0.429. The topological polar surface area (TPSA) is 46.3 Å². The zero-order chi connectivity index (χ0) is 7.56. The molecule has 1 aromatic carbocycles. The average Bonchev–Trinajstić information content (AvgIpc) is 1.88. The fourth-order valence-corrected chi connectivity index (χ4v) is 0.619. The first-order valence-electron chi connectivity index (χ1n) is 2.77. The summed E-state index contributed by atoms with van der Waals surface area (Å²) < 4.78 is 0.486. The highest BCUT2D eigenvalue weighted by Gasteiger charge is 1.95. The molecule has 1 rings (SSSR count). The van der Waals surface area contributed by atoms with Gasteiger partial charge in [-0.1, -0.05) is 0 Å². The van der Waals surface area contributed by atoms with Crippen LogP contribution in [0.2, 0.25) is 0 Å². The van der Waals surface area contributed by atoms with E-state index >= 15 is 0 Å². The Morgan fingerprint density at radius 1 is 1.30 bits per heavy atom. The molecule has 0 spiro atoms. The maximum atomic E-state index is 10.5. The molecule has 0 atom stereocenters. The number of benzene rings is 1. The van der Waals surface area contributed by atoms with Crippen molar-refractivity contribution in [2.45, 2.75) is 0 Å². The lowest BCUT2D eigenvalue weighted by Crippen LogP contribution is -1.87. The molecule has 10 heavy (non-hydrogen) atoms. The van der Waals surface area contributed by atoms with Crippen LogP contribution in [0.5, 0.6) is 5.75 Å². The Kier molecular flexibility index (Phi) is 1.58. The second-order valence-electron chi connectivity index (χ2n) is 1.89. The van der Waals surface area contributed by atoms with Gasteiger partial charge in [-0.05, 0) is 12.1 Å². The summed E-state index contributed by atoms with van der Waals surface area (Å²) >= 11 is 0. The largest absolute Gasteiger partial charge is 0.619 e. The smallest absolute Gasteiger partial charge is 0.216 e. The van der Waals surface area contributed by atoms with E-state index in [9.17, 15) is 5.21 Å². The first-order chi connectivity index (χ1) is 4.70. The maximum Gasteiger partial charge on any atom is 0.216 e. The van der Waals surface area contributed by atoms with E-state index < -0.39 is 0 Å². The minimum Gasteiger partial charge on any atom is -0.619 e. The van der Waals surface area contributed by atoms with Crippen molar-refractivity contribution in [2.75, 3.05) is 0 Å². The van der Waals surface area contributed by atoms with Crippen LogP contribution >= 0.6 is 0 Å². The molecule has 0 aliphatic rings. The SMILES string of the molecule is C=[N+]([O-])c1ccc(O)cc1. The third-order valence-electron chi connectivity index (χ3n) is 1.14. The Bertz CT molecular complexity index is 240. The maximum absolute atomic E-state index is 10.5. The van der Waals surface area contributed by atoms with Gasteiger partial charge in [0.1, 0.15) is 12.5 Å². The lowest BCUT2D eigenvalue weighted by molar-refractivity contribution is -0.349. The molecular formula is C7H7NO2. The van der Waals surface area contributed by atoms with E-state index in [1.165, 1.54) is 24.3 Å². The van der Waals surface area contributed by atoms with Crippen molar-refractivity contribution in [2.24, 2.45) is 0 Å². The standard InChI is InChI=1S/C7H7NO2/c1-8(10)6-2-4-7(9)5-3-6/h2-5,9H,1H2. The van der Waals surface area contributed by atoms with Crippen molar-refractivity contribution < 1.29 is 9.85 Å². The van der Waals surface area contributed by atoms with Crippen LogP contribution in [0.4, 0.5) is 5.69 Å². The van der Waals surface area contributed by atoms with E-state index in [0.29, 0.717) is 10.4 Å². The van der Waals surface area contributed by atoms with Gasteiger partial charge < -0.3 is 10.3 Å². The fourth-order valence-electron chi connectivity index (χ4n) is 0.619. The van der Waals surface area contributed by atoms with Gasteiger partial charge in [-0.15, -0.1) is 0 Å². The number of hydrogen-bond donors (Lipinski definition) is 1. The molecule has 1 N–H and O–H groups in total. The highest BCUT2D eigenvalue weighted by molar-refractivity contribution is 5.37. The summed E-state index contributed by atoms with van der Waals surface area (Å²) in [6.07, 6.45) is 0. The Hall–Kier alpha value is -1.51. The summed E-state index contributed by atoms with van der Waals surface area (Å²) in [5, 5.41) is 19.3. The van der Waals surface area contributed by atoms with E-state index in [1.54, 1.807) is 0 Å². The summed E-state index contributed by atoms with van der Waals surface area (Å²) in [4.78, 5) is 0. The van der Waals surface area contributed by atoms with Gasteiger partial charge in [0.25, 0.3) is 0 Å². The number of rotatable bonds is 1. The van der Waals surface area contributed by atoms with Crippen LogP contribution in [0.15, 0.2) is 24.3 Å². The van der Waals surface area contributed by atoms with E-state index in [4.69, 9.17) is 5.11 Å². The average molecular weight is 137 g/mol. The van der Waals surface area contributed by atoms with Crippen LogP contribution in [0.25, 0.3) is 0 Å². The number of phenols is 1. The van der Waals surface area contributed by atoms with Crippen molar-refractivity contribution in [3.8, 4) is 5.75 Å². The Morgan fingerprint density at radius 2 is 1.80 bits per heavy atom. The molecule has 0 aliphatic carbocycles. The van der Waals surface area contributed by atoms with Gasteiger partial charge >= 0.3 is 0 Å². The molecule has 3 nitrogen and oxygen atoms in total. The lowest BCUT2D eigenvalue weighted by atomic mass is 10.3. The molecule has 0 aromatic heterocycles. The van der Waals surface area contributed by atoms with Crippen LogP contribution < -0.4 is 0 Å². The number of hydrogen-bond acceptors (Lipinski definition) is 2. The predicted molar refractivity (Wildman–Crippen MR) is 38.5 cm³/mol. The molecule has 52 valence electrons. The van der Waals surface area contributed by atoms with Gasteiger partial charge in [0, 0.05) is 12.1 Å². The first kappa shape index (κ1) is 6.61. The van der Waals surface area contributed by atoms with Crippen LogP contribution in [0.3, 0.4) is 0 Å². The lowest BCUT2D eigenvalue weighted by Gasteiger charge is -1.98. The van der Waals surface area contributed by atoms with E-state index in [0.717, 1.165) is 0 Å². The molecule has 0 unspecified atom stereocenters. The van der Waals surface area contributed by atoms with Gasteiger partial charge in [-0.3, -0.25) is 0 Å². The van der Waals surface area contributed by atoms with Crippen molar-refractivity contribution >= 4 is 12.4 Å². The Balaban J connectivity index is 3.00. The summed E-state index contributed by atoms with van der Waals surface area (Å²) in [5.74, 6) is 0.144. The van der Waals surface area contributed by atoms with Gasteiger partial charge in [-0.2, -0.15) is 4.74 Å². The molecule has 0 bridgehead atoms. The molecule has 0 aliphatic heterocycles. The van der Waals surface area contributed by atoms with Crippen molar-refractivity contribution in [1.82, 2.24) is 0 Å². The van der Waals surface area contributed by atoms with Gasteiger partial charge in [0.05, 0.1) is 0 Å². The molecule has 0 saturated carbocycles. The van der Waals surface area contributed by atoms with E-state index in [-0.39, 0.29) is 5.75 Å². The van der Waals surface area contributed by atoms with Gasteiger partial charge in [-0.25, -0.2) is 0 Å². The van der Waals surface area contributed by atoms with Crippen LogP contribution in [0.1, 0.15) is 0 Å². The molecule has 0 saturated heterocycles. The summed E-state index contributed by atoms with van der Waals surface area (Å²) in [6, 6.07) is 5.86. The van der Waals surface area contributed by atoms with Crippen LogP contribution in [-0.2, 0) is 0 Å². The third kappa shape index (κ3) is 1.25. The van der Waals surface area contributed by atoms with Crippen LogP contribution in [0, 0.1) is 5.21 Å². The zero-order valence-electron chi connectivity index (χ0n) is 5.32. The summed E-state index contributed by atoms with van der Waals surface area (Å²) in [6.45, 7) is 3.13. The first-order valence-corrected chi connectivity index (χ1v) is 2.77. The quantitative estimate of drug-likeness (QED) is 0.274. The molecule has 1 aromatic rings. The zero-order valence-corrected chi connectivity index (χ0v) is 5.32. The van der Waals surface area contributed by atoms with E-state index in [2.05, 4.69) is 6.72 Å². The van der Waals surface area contributed by atoms with Crippen molar-refractivity contribution in [1.29, 1.82) is 0 Å². The Labute approximate surface area is 58.4 Å². The second kappa shape index (κ2) is 2.39. The normalized spacial score (nSPS) is 9.20. The highest BCUT2D eigenvalue weighted by atomic mass is 16.5. The minimum absolute atomic E-state index is 0.144. The third-order valence-corrected chi connectivity index (χ3v) is 1.14. The molecule has 0 amide bonds. The molecule has 0 radical (unpaired) electrons. The predicted octanol–water partition coefficient (Wildman–Crippen LogP) is 1.23. The van der Waals surface area contributed by atoms with Crippen molar-refractivity contribution in [3.05, 3.63) is 29.5 Å². The van der Waals surface area contributed by atoms with Gasteiger partial charge in [0.15, 0.2) is 0 Å². The van der Waals surface area contributed by atoms with Gasteiger partial charge in [0.2, 0.25) is 5.69 Å². The fraction of sp³-hybridized carbons (Fsp3) is 0. The molecule has 3 heteroatoms. The molecule has 0 heterocycles.